The van der Waals surface area contributed by atoms with Gasteiger partial charge in [-0.25, -0.2) is 4.98 Å². The molecule has 1 aromatic rings. The van der Waals surface area contributed by atoms with Gasteiger partial charge in [0.25, 0.3) is 0 Å². The molecular weight excluding hydrogens is 194 g/mol. The Morgan fingerprint density at radius 1 is 1.47 bits per heavy atom. The lowest BCUT2D eigenvalue weighted by molar-refractivity contribution is -0.130. The van der Waals surface area contributed by atoms with Crippen LogP contribution in [0.3, 0.4) is 0 Å². The molecule has 80 valence electrons. The second-order valence-corrected chi connectivity index (χ2v) is 3.70. The molecule has 0 saturated carbocycles. The number of carbonyl (C=O) groups is 2. The molecule has 5 heteroatoms. The maximum Gasteiger partial charge on any atom is 0.219 e. The van der Waals surface area contributed by atoms with Gasteiger partial charge < -0.3 is 9.47 Å². The Balaban J connectivity index is 2.39. The van der Waals surface area contributed by atoms with Gasteiger partial charge in [-0.3, -0.25) is 9.59 Å². The Kier molecular flexibility index (Phi) is 2.30. The van der Waals surface area contributed by atoms with Gasteiger partial charge in [-0.05, 0) is 6.92 Å². The van der Waals surface area contributed by atoms with E-state index in [0.717, 1.165) is 24.3 Å². The summed E-state index contributed by atoms with van der Waals surface area (Å²) in [6, 6.07) is 0. The summed E-state index contributed by atoms with van der Waals surface area (Å²) in [6.07, 6.45) is 0.752. The molecule has 0 saturated heterocycles. The smallest absolute Gasteiger partial charge is 0.219 e. The highest BCUT2D eigenvalue weighted by molar-refractivity contribution is 5.76. The number of hydrogen-bond acceptors (Lipinski definition) is 3. The molecule has 0 atom stereocenters. The van der Waals surface area contributed by atoms with Crippen molar-refractivity contribution in [1.82, 2.24) is 14.5 Å². The molecule has 0 N–H and O–H groups in total. The van der Waals surface area contributed by atoms with Gasteiger partial charge in [-0.15, -0.1) is 0 Å². The molecule has 1 aromatic heterocycles. The Morgan fingerprint density at radius 3 is 2.80 bits per heavy atom. The minimum atomic E-state index is 0.0388. The molecule has 15 heavy (non-hydrogen) atoms. The molecule has 0 aliphatic carbocycles. The van der Waals surface area contributed by atoms with Gasteiger partial charge >= 0.3 is 0 Å². The van der Waals surface area contributed by atoms with Crippen LogP contribution < -0.4 is 0 Å². The second kappa shape index (κ2) is 3.49. The monoisotopic (exact) mass is 207 g/mol. The van der Waals surface area contributed by atoms with E-state index in [2.05, 4.69) is 4.98 Å². The predicted molar refractivity (Wildman–Crippen MR) is 53.4 cm³/mol. The Morgan fingerprint density at radius 2 is 2.20 bits per heavy atom. The minimum absolute atomic E-state index is 0.0388. The molecule has 1 amide bonds. The average Bonchev–Trinajstić information content (AvgIpc) is 2.55. The van der Waals surface area contributed by atoms with Crippen LogP contribution in [0.5, 0.6) is 0 Å². The molecule has 1 aliphatic heterocycles. The lowest BCUT2D eigenvalue weighted by atomic mass is 10.2. The van der Waals surface area contributed by atoms with Crippen LogP contribution in [0, 0.1) is 6.92 Å². The molecule has 0 spiro atoms. The number of aryl methyl sites for hydroxylation is 1. The molecule has 0 bridgehead atoms. The first-order chi connectivity index (χ1) is 7.13. The van der Waals surface area contributed by atoms with Crippen molar-refractivity contribution in [3.63, 3.8) is 0 Å². The van der Waals surface area contributed by atoms with Crippen LogP contribution in [0.2, 0.25) is 0 Å². The van der Waals surface area contributed by atoms with Crippen molar-refractivity contribution in [2.24, 2.45) is 0 Å². The second-order valence-electron chi connectivity index (χ2n) is 3.70. The van der Waals surface area contributed by atoms with E-state index in [9.17, 15) is 9.59 Å². The zero-order chi connectivity index (χ0) is 11.0. The fourth-order valence-corrected chi connectivity index (χ4v) is 1.94. The van der Waals surface area contributed by atoms with Gasteiger partial charge in [0.1, 0.15) is 11.5 Å². The van der Waals surface area contributed by atoms with Crippen LogP contribution in [-0.4, -0.2) is 33.2 Å². The molecule has 2 rings (SSSR count). The molecule has 0 aromatic carbocycles. The molecule has 0 unspecified atom stereocenters. The first-order valence-corrected chi connectivity index (χ1v) is 4.90. The van der Waals surface area contributed by atoms with Crippen LogP contribution in [0.15, 0.2) is 0 Å². The number of hydrogen-bond donors (Lipinski definition) is 0. The molecule has 2 heterocycles. The quantitative estimate of drug-likeness (QED) is 0.625. The molecule has 5 nitrogen and oxygen atoms in total. The third-order valence-corrected chi connectivity index (χ3v) is 2.79. The highest BCUT2D eigenvalue weighted by atomic mass is 16.2. The minimum Gasteiger partial charge on any atom is -0.335 e. The lowest BCUT2D eigenvalue weighted by Crippen LogP contribution is -2.37. The number of rotatable bonds is 1. The van der Waals surface area contributed by atoms with Crippen molar-refractivity contribution in [2.75, 3.05) is 6.54 Å². The number of amides is 1. The van der Waals surface area contributed by atoms with Crippen molar-refractivity contribution in [1.29, 1.82) is 0 Å². The fourth-order valence-electron chi connectivity index (χ4n) is 1.94. The predicted octanol–water partition coefficient (Wildman–Crippen LogP) is 0.366. The maximum absolute atomic E-state index is 11.2. The van der Waals surface area contributed by atoms with Crippen molar-refractivity contribution < 1.29 is 9.59 Å². The highest BCUT2D eigenvalue weighted by Crippen LogP contribution is 2.17. The van der Waals surface area contributed by atoms with Gasteiger partial charge in [-0.2, -0.15) is 0 Å². The SMILES string of the molecule is CC(=O)N1CCn2c(C)nc(C=O)c2C1. The topological polar surface area (TPSA) is 55.2 Å². The van der Waals surface area contributed by atoms with Crippen LogP contribution in [0.1, 0.15) is 28.9 Å². The van der Waals surface area contributed by atoms with Crippen molar-refractivity contribution >= 4 is 12.2 Å². The molecule has 1 aliphatic rings. The zero-order valence-corrected chi connectivity index (χ0v) is 8.86. The summed E-state index contributed by atoms with van der Waals surface area (Å²) >= 11 is 0. The van der Waals surface area contributed by atoms with E-state index in [4.69, 9.17) is 0 Å². The Bertz CT molecular complexity index is 423. The molecule has 0 fully saturated rings. The fraction of sp³-hybridized carbons (Fsp3) is 0.500. The van der Waals surface area contributed by atoms with E-state index in [0.29, 0.717) is 18.8 Å². The maximum atomic E-state index is 11.2. The number of aromatic nitrogens is 2. The first kappa shape index (κ1) is 9.89. The summed E-state index contributed by atoms with van der Waals surface area (Å²) in [5.74, 6) is 0.882. The standard InChI is InChI=1S/C10H13N3O2/c1-7-11-9(6-14)10-5-12(8(2)15)3-4-13(7)10/h6H,3-5H2,1-2H3. The Labute approximate surface area is 87.7 Å². The van der Waals surface area contributed by atoms with Crippen molar-refractivity contribution in [3.05, 3.63) is 17.2 Å². The number of carbonyl (C=O) groups excluding carboxylic acids is 2. The van der Waals surface area contributed by atoms with E-state index < -0.39 is 0 Å². The number of imidazole rings is 1. The zero-order valence-electron chi connectivity index (χ0n) is 8.86. The third-order valence-electron chi connectivity index (χ3n) is 2.79. The van der Waals surface area contributed by atoms with Crippen molar-refractivity contribution in [3.8, 4) is 0 Å². The summed E-state index contributed by atoms with van der Waals surface area (Å²) in [6.45, 7) is 5.32. The summed E-state index contributed by atoms with van der Waals surface area (Å²) in [7, 11) is 0. The lowest BCUT2D eigenvalue weighted by Gasteiger charge is -2.27. The van der Waals surface area contributed by atoms with Gasteiger partial charge in [0, 0.05) is 20.0 Å². The van der Waals surface area contributed by atoms with E-state index >= 15 is 0 Å². The number of nitrogens with zero attached hydrogens (tertiary/aromatic N) is 3. The van der Waals surface area contributed by atoms with Gasteiger partial charge in [0.2, 0.25) is 5.91 Å². The van der Waals surface area contributed by atoms with Crippen LogP contribution in [-0.2, 0) is 17.9 Å². The van der Waals surface area contributed by atoms with E-state index in [1.54, 1.807) is 11.8 Å². The Hall–Kier alpha value is -1.65. The summed E-state index contributed by atoms with van der Waals surface area (Å²) in [5.41, 5.74) is 1.31. The summed E-state index contributed by atoms with van der Waals surface area (Å²) in [5, 5.41) is 0. The highest BCUT2D eigenvalue weighted by Gasteiger charge is 2.23. The van der Waals surface area contributed by atoms with Gasteiger partial charge in [0.05, 0.1) is 12.2 Å². The summed E-state index contributed by atoms with van der Waals surface area (Å²) in [4.78, 5) is 27.9. The first-order valence-electron chi connectivity index (χ1n) is 4.90. The van der Waals surface area contributed by atoms with E-state index in [-0.39, 0.29) is 5.91 Å². The summed E-state index contributed by atoms with van der Waals surface area (Å²) < 4.78 is 2.00. The molecular formula is C10H13N3O2. The van der Waals surface area contributed by atoms with E-state index in [1.165, 1.54) is 0 Å². The van der Waals surface area contributed by atoms with Crippen LogP contribution in [0.25, 0.3) is 0 Å². The number of fused-ring (bicyclic) bond motifs is 1. The van der Waals surface area contributed by atoms with Gasteiger partial charge in [0.15, 0.2) is 6.29 Å². The van der Waals surface area contributed by atoms with Gasteiger partial charge in [-0.1, -0.05) is 0 Å². The molecule has 0 radical (unpaired) electrons. The van der Waals surface area contributed by atoms with E-state index in [1.807, 2.05) is 11.5 Å². The third kappa shape index (κ3) is 1.54. The number of aldehydes is 1. The average molecular weight is 207 g/mol. The van der Waals surface area contributed by atoms with Crippen LogP contribution >= 0.6 is 0 Å². The van der Waals surface area contributed by atoms with Crippen molar-refractivity contribution in [2.45, 2.75) is 26.9 Å². The normalized spacial score (nSPS) is 14.9. The van der Waals surface area contributed by atoms with Crippen LogP contribution in [0.4, 0.5) is 0 Å². The largest absolute Gasteiger partial charge is 0.335 e.